The van der Waals surface area contributed by atoms with Crippen molar-refractivity contribution in [2.24, 2.45) is 5.92 Å². The number of amides is 1. The number of anilines is 1. The summed E-state index contributed by atoms with van der Waals surface area (Å²) in [5.74, 6) is -0.367. The van der Waals surface area contributed by atoms with E-state index in [1.165, 1.54) is 0 Å². The van der Waals surface area contributed by atoms with Gasteiger partial charge < -0.3 is 10.4 Å². The molecule has 1 aliphatic heterocycles. The number of rotatable bonds is 6. The second-order valence-electron chi connectivity index (χ2n) is 5.59. The molecule has 2 N–H and O–H groups in total. The summed E-state index contributed by atoms with van der Waals surface area (Å²) in [6.45, 7) is 2.10. The summed E-state index contributed by atoms with van der Waals surface area (Å²) in [5.41, 5.74) is 0.807. The minimum absolute atomic E-state index is 0.0138. The predicted molar refractivity (Wildman–Crippen MR) is 81.1 cm³/mol. The lowest BCUT2D eigenvalue weighted by molar-refractivity contribution is -0.137. The van der Waals surface area contributed by atoms with Crippen LogP contribution in [0.4, 0.5) is 5.69 Å². The number of hydrogen-bond donors (Lipinski definition) is 2. The smallest absolute Gasteiger partial charge is 0.303 e. The molecule has 0 bridgehead atoms. The molecule has 0 saturated carbocycles. The van der Waals surface area contributed by atoms with Gasteiger partial charge in [0, 0.05) is 18.7 Å². The van der Waals surface area contributed by atoms with Gasteiger partial charge in [0.2, 0.25) is 5.91 Å². The number of benzene rings is 1. The van der Waals surface area contributed by atoms with Crippen LogP contribution in [0.15, 0.2) is 30.3 Å². The number of likely N-dealkylation sites (tertiary alicyclic amines) is 1. The third kappa shape index (κ3) is 5.55. The summed E-state index contributed by atoms with van der Waals surface area (Å²) < 4.78 is 0. The maximum atomic E-state index is 12.0. The fourth-order valence-electron chi connectivity index (χ4n) is 2.78. The number of carbonyl (C=O) groups excluding carboxylic acids is 1. The van der Waals surface area contributed by atoms with E-state index in [0.717, 1.165) is 31.6 Å². The maximum Gasteiger partial charge on any atom is 0.303 e. The van der Waals surface area contributed by atoms with E-state index >= 15 is 0 Å². The van der Waals surface area contributed by atoms with Crippen molar-refractivity contribution in [2.45, 2.75) is 25.7 Å². The lowest BCUT2D eigenvalue weighted by Gasteiger charge is -2.32. The summed E-state index contributed by atoms with van der Waals surface area (Å²) in [5, 5.41) is 11.6. The van der Waals surface area contributed by atoms with Crippen LogP contribution >= 0.6 is 0 Å². The van der Waals surface area contributed by atoms with Gasteiger partial charge in [-0.2, -0.15) is 0 Å². The second kappa shape index (κ2) is 7.78. The van der Waals surface area contributed by atoms with Gasteiger partial charge in [0.25, 0.3) is 0 Å². The monoisotopic (exact) mass is 290 g/mol. The molecule has 114 valence electrons. The number of aliphatic carboxylic acids is 1. The molecule has 1 heterocycles. The van der Waals surface area contributed by atoms with E-state index in [1.807, 2.05) is 30.3 Å². The molecule has 1 amide bonds. The SMILES string of the molecule is O=C(O)CCC1CCCN(CC(=O)Nc2ccccc2)C1. The van der Waals surface area contributed by atoms with Gasteiger partial charge in [-0.3, -0.25) is 14.5 Å². The second-order valence-corrected chi connectivity index (χ2v) is 5.59. The van der Waals surface area contributed by atoms with Crippen molar-refractivity contribution in [2.75, 3.05) is 25.0 Å². The summed E-state index contributed by atoms with van der Waals surface area (Å²) in [6, 6.07) is 9.41. The minimum atomic E-state index is -0.742. The average Bonchev–Trinajstić information content (AvgIpc) is 2.46. The van der Waals surface area contributed by atoms with Crippen molar-refractivity contribution in [3.05, 3.63) is 30.3 Å². The molecule has 0 radical (unpaired) electrons. The molecule has 5 heteroatoms. The molecule has 1 aromatic rings. The first-order valence-electron chi connectivity index (χ1n) is 7.42. The molecule has 0 aromatic heterocycles. The first kappa shape index (κ1) is 15.5. The van der Waals surface area contributed by atoms with E-state index in [9.17, 15) is 9.59 Å². The maximum absolute atomic E-state index is 12.0. The third-order valence-electron chi connectivity index (χ3n) is 3.79. The fourth-order valence-corrected chi connectivity index (χ4v) is 2.78. The Bertz CT molecular complexity index is 476. The first-order valence-corrected chi connectivity index (χ1v) is 7.42. The zero-order valence-electron chi connectivity index (χ0n) is 12.1. The van der Waals surface area contributed by atoms with Gasteiger partial charge in [0.05, 0.1) is 6.54 Å². The van der Waals surface area contributed by atoms with Crippen LogP contribution in [0, 0.1) is 5.92 Å². The Kier molecular flexibility index (Phi) is 5.75. The predicted octanol–water partition coefficient (Wildman–Crippen LogP) is 2.20. The van der Waals surface area contributed by atoms with Gasteiger partial charge in [-0.1, -0.05) is 18.2 Å². The zero-order chi connectivity index (χ0) is 15.1. The highest BCUT2D eigenvalue weighted by Crippen LogP contribution is 2.20. The van der Waals surface area contributed by atoms with Crippen LogP contribution in [0.5, 0.6) is 0 Å². The topological polar surface area (TPSA) is 69.6 Å². The Balaban J connectivity index is 1.76. The highest BCUT2D eigenvalue weighted by molar-refractivity contribution is 5.92. The minimum Gasteiger partial charge on any atom is -0.481 e. The molecule has 21 heavy (non-hydrogen) atoms. The van der Waals surface area contributed by atoms with Gasteiger partial charge in [-0.15, -0.1) is 0 Å². The van der Waals surface area contributed by atoms with Crippen molar-refractivity contribution < 1.29 is 14.7 Å². The molecule has 1 aliphatic rings. The van der Waals surface area contributed by atoms with E-state index in [-0.39, 0.29) is 12.3 Å². The van der Waals surface area contributed by atoms with Gasteiger partial charge >= 0.3 is 5.97 Å². The van der Waals surface area contributed by atoms with Crippen LogP contribution in [0.2, 0.25) is 0 Å². The molecule has 5 nitrogen and oxygen atoms in total. The number of nitrogens with one attached hydrogen (secondary N) is 1. The van der Waals surface area contributed by atoms with E-state index in [0.29, 0.717) is 18.9 Å². The Morgan fingerprint density at radius 3 is 2.76 bits per heavy atom. The van der Waals surface area contributed by atoms with Crippen molar-refractivity contribution in [3.8, 4) is 0 Å². The quantitative estimate of drug-likeness (QED) is 0.842. The van der Waals surface area contributed by atoms with Gasteiger partial charge in [0.1, 0.15) is 0 Å². The van der Waals surface area contributed by atoms with Crippen LogP contribution in [0.25, 0.3) is 0 Å². The van der Waals surface area contributed by atoms with E-state index < -0.39 is 5.97 Å². The van der Waals surface area contributed by atoms with Gasteiger partial charge in [-0.25, -0.2) is 0 Å². The Morgan fingerprint density at radius 2 is 2.05 bits per heavy atom. The van der Waals surface area contributed by atoms with Crippen molar-refractivity contribution in [3.63, 3.8) is 0 Å². The van der Waals surface area contributed by atoms with Crippen LogP contribution < -0.4 is 5.32 Å². The third-order valence-corrected chi connectivity index (χ3v) is 3.79. The summed E-state index contributed by atoms with van der Waals surface area (Å²) in [6.07, 6.45) is 3.01. The van der Waals surface area contributed by atoms with Gasteiger partial charge in [-0.05, 0) is 43.9 Å². The molecule has 1 unspecified atom stereocenters. The zero-order valence-corrected chi connectivity index (χ0v) is 12.1. The van der Waals surface area contributed by atoms with E-state index in [1.54, 1.807) is 0 Å². The number of nitrogens with zero attached hydrogens (tertiary/aromatic N) is 1. The van der Waals surface area contributed by atoms with Crippen molar-refractivity contribution in [1.29, 1.82) is 0 Å². The number of para-hydroxylation sites is 1. The summed E-state index contributed by atoms with van der Waals surface area (Å²) >= 11 is 0. The van der Waals surface area contributed by atoms with Crippen LogP contribution in [0.3, 0.4) is 0 Å². The molecule has 1 saturated heterocycles. The van der Waals surface area contributed by atoms with Crippen LogP contribution in [-0.4, -0.2) is 41.5 Å². The largest absolute Gasteiger partial charge is 0.481 e. The lowest BCUT2D eigenvalue weighted by Crippen LogP contribution is -2.40. The van der Waals surface area contributed by atoms with Crippen LogP contribution in [0.1, 0.15) is 25.7 Å². The summed E-state index contributed by atoms with van der Waals surface area (Å²) in [4.78, 5) is 24.8. The van der Waals surface area contributed by atoms with Crippen molar-refractivity contribution in [1.82, 2.24) is 4.90 Å². The Labute approximate surface area is 125 Å². The molecular formula is C16H22N2O3. The molecule has 1 fully saturated rings. The van der Waals surface area contributed by atoms with E-state index in [4.69, 9.17) is 5.11 Å². The van der Waals surface area contributed by atoms with E-state index in [2.05, 4.69) is 10.2 Å². The number of carboxylic acid groups (broad SMARTS) is 1. The molecule has 2 rings (SSSR count). The number of carboxylic acids is 1. The van der Waals surface area contributed by atoms with Gasteiger partial charge in [0.15, 0.2) is 0 Å². The normalized spacial score (nSPS) is 19.1. The van der Waals surface area contributed by atoms with Crippen LogP contribution in [-0.2, 0) is 9.59 Å². The average molecular weight is 290 g/mol. The first-order chi connectivity index (χ1) is 10.1. The molecule has 0 spiro atoms. The summed E-state index contributed by atoms with van der Waals surface area (Å²) in [7, 11) is 0. The Hall–Kier alpha value is -1.88. The Morgan fingerprint density at radius 1 is 1.29 bits per heavy atom. The number of carbonyl (C=O) groups is 2. The lowest BCUT2D eigenvalue weighted by atomic mass is 9.93. The van der Waals surface area contributed by atoms with Crippen molar-refractivity contribution >= 4 is 17.6 Å². The molecule has 1 aromatic carbocycles. The highest BCUT2D eigenvalue weighted by Gasteiger charge is 2.22. The molecular weight excluding hydrogens is 268 g/mol. The molecule has 1 atom stereocenters. The standard InChI is InChI=1S/C16H22N2O3/c19-15(17-14-6-2-1-3-7-14)12-18-10-4-5-13(11-18)8-9-16(20)21/h1-3,6-7,13H,4-5,8-12H2,(H,17,19)(H,20,21). The number of piperidine rings is 1. The highest BCUT2D eigenvalue weighted by atomic mass is 16.4. The fraction of sp³-hybridized carbons (Fsp3) is 0.500. The number of hydrogen-bond acceptors (Lipinski definition) is 3. The molecule has 0 aliphatic carbocycles.